The number of halogens is 3. The first kappa shape index (κ1) is 12.9. The van der Waals surface area contributed by atoms with Gasteiger partial charge in [0.15, 0.2) is 0 Å². The van der Waals surface area contributed by atoms with Crippen molar-refractivity contribution in [3.63, 3.8) is 0 Å². The van der Waals surface area contributed by atoms with Gasteiger partial charge in [-0.25, -0.2) is 4.39 Å². The highest BCUT2D eigenvalue weighted by Gasteiger charge is 2.07. The summed E-state index contributed by atoms with van der Waals surface area (Å²) in [6, 6.07) is 10.4. The van der Waals surface area contributed by atoms with Gasteiger partial charge in [0.2, 0.25) is 0 Å². The third-order valence-corrected chi connectivity index (χ3v) is 2.83. The molecule has 1 amide bonds. The van der Waals surface area contributed by atoms with Gasteiger partial charge in [0.25, 0.3) is 5.91 Å². The lowest BCUT2D eigenvalue weighted by atomic mass is 10.2. The monoisotopic (exact) mass is 283 g/mol. The van der Waals surface area contributed by atoms with Crippen LogP contribution in [0.2, 0.25) is 10.0 Å². The molecule has 0 aliphatic carbocycles. The average Bonchev–Trinajstić information content (AvgIpc) is 2.34. The van der Waals surface area contributed by atoms with E-state index in [0.717, 1.165) is 0 Å². The quantitative estimate of drug-likeness (QED) is 0.870. The van der Waals surface area contributed by atoms with Crippen molar-refractivity contribution in [2.75, 3.05) is 5.32 Å². The summed E-state index contributed by atoms with van der Waals surface area (Å²) < 4.78 is 12.9. The van der Waals surface area contributed by atoms with Gasteiger partial charge >= 0.3 is 0 Å². The molecule has 0 aliphatic heterocycles. The largest absolute Gasteiger partial charge is 0.322 e. The summed E-state index contributed by atoms with van der Waals surface area (Å²) in [6.07, 6.45) is 0. The number of carbonyl (C=O) groups excluding carboxylic acids is 1. The van der Waals surface area contributed by atoms with Crippen LogP contribution in [0.1, 0.15) is 10.4 Å². The van der Waals surface area contributed by atoms with Crippen LogP contribution in [0.3, 0.4) is 0 Å². The Morgan fingerprint density at radius 1 is 1.06 bits per heavy atom. The summed E-state index contributed by atoms with van der Waals surface area (Å²) in [4.78, 5) is 11.8. The molecule has 18 heavy (non-hydrogen) atoms. The summed E-state index contributed by atoms with van der Waals surface area (Å²) in [7, 11) is 0. The molecule has 1 N–H and O–H groups in total. The summed E-state index contributed by atoms with van der Waals surface area (Å²) in [5, 5.41) is 3.13. The van der Waals surface area contributed by atoms with Crippen LogP contribution in [0.15, 0.2) is 42.5 Å². The molecule has 2 aromatic rings. The zero-order valence-electron chi connectivity index (χ0n) is 9.08. The van der Waals surface area contributed by atoms with Crippen LogP contribution in [0.5, 0.6) is 0 Å². The third-order valence-electron chi connectivity index (χ3n) is 2.28. The molecular weight excluding hydrogens is 276 g/mol. The van der Waals surface area contributed by atoms with E-state index in [9.17, 15) is 9.18 Å². The van der Waals surface area contributed by atoms with Crippen molar-refractivity contribution < 1.29 is 9.18 Å². The van der Waals surface area contributed by atoms with Gasteiger partial charge in [-0.3, -0.25) is 4.79 Å². The average molecular weight is 284 g/mol. The molecule has 0 aromatic heterocycles. The predicted molar refractivity (Wildman–Crippen MR) is 70.8 cm³/mol. The molecule has 0 spiro atoms. The van der Waals surface area contributed by atoms with Gasteiger partial charge in [0.1, 0.15) is 5.82 Å². The zero-order valence-corrected chi connectivity index (χ0v) is 10.6. The molecule has 0 atom stereocenters. The van der Waals surface area contributed by atoms with Gasteiger partial charge in [0.05, 0.1) is 5.02 Å². The Morgan fingerprint density at radius 2 is 1.72 bits per heavy atom. The summed E-state index contributed by atoms with van der Waals surface area (Å²) in [5.74, 6) is -0.837. The Morgan fingerprint density at radius 3 is 2.33 bits per heavy atom. The van der Waals surface area contributed by atoms with Gasteiger partial charge in [-0.15, -0.1) is 0 Å². The smallest absolute Gasteiger partial charge is 0.255 e. The molecule has 0 bridgehead atoms. The fourth-order valence-corrected chi connectivity index (χ4v) is 1.68. The van der Waals surface area contributed by atoms with Gasteiger partial charge in [-0.2, -0.15) is 0 Å². The first-order valence-electron chi connectivity index (χ1n) is 5.08. The second-order valence-corrected chi connectivity index (χ2v) is 4.43. The maximum atomic E-state index is 12.9. The molecule has 2 rings (SSSR count). The number of hydrogen-bond donors (Lipinski definition) is 1. The van der Waals surface area contributed by atoms with E-state index < -0.39 is 5.82 Å². The van der Waals surface area contributed by atoms with E-state index in [-0.39, 0.29) is 10.9 Å². The first-order valence-corrected chi connectivity index (χ1v) is 5.84. The van der Waals surface area contributed by atoms with E-state index in [1.807, 2.05) is 0 Å². The molecule has 0 radical (unpaired) electrons. The number of hydrogen-bond acceptors (Lipinski definition) is 1. The van der Waals surface area contributed by atoms with Crippen molar-refractivity contribution in [3.05, 3.63) is 63.9 Å². The lowest BCUT2D eigenvalue weighted by molar-refractivity contribution is 0.102. The van der Waals surface area contributed by atoms with Crippen LogP contribution in [0, 0.1) is 5.82 Å². The highest BCUT2D eigenvalue weighted by Crippen LogP contribution is 2.20. The van der Waals surface area contributed by atoms with E-state index in [2.05, 4.69) is 5.32 Å². The summed E-state index contributed by atoms with van der Waals surface area (Å²) in [6.45, 7) is 0. The molecule has 92 valence electrons. The highest BCUT2D eigenvalue weighted by molar-refractivity contribution is 6.31. The minimum Gasteiger partial charge on any atom is -0.322 e. The lowest BCUT2D eigenvalue weighted by Gasteiger charge is -2.06. The fourth-order valence-electron chi connectivity index (χ4n) is 1.38. The minimum absolute atomic E-state index is 0.0380. The third kappa shape index (κ3) is 3.00. The van der Waals surface area contributed by atoms with Crippen LogP contribution < -0.4 is 5.32 Å². The number of anilines is 1. The minimum atomic E-state index is -0.527. The van der Waals surface area contributed by atoms with Crippen molar-refractivity contribution in [3.8, 4) is 0 Å². The standard InChI is InChI=1S/C13H8Cl2FNO/c14-9-3-1-8(2-4-9)13(18)17-10-5-6-12(16)11(15)7-10/h1-7H,(H,17,18). The number of benzene rings is 2. The Kier molecular flexibility index (Phi) is 3.84. The molecule has 2 aromatic carbocycles. The van der Waals surface area contributed by atoms with E-state index in [1.54, 1.807) is 24.3 Å². The van der Waals surface area contributed by atoms with Crippen molar-refractivity contribution in [2.45, 2.75) is 0 Å². The van der Waals surface area contributed by atoms with Gasteiger partial charge in [-0.1, -0.05) is 23.2 Å². The molecule has 0 unspecified atom stereocenters. The zero-order chi connectivity index (χ0) is 13.1. The molecule has 2 nitrogen and oxygen atoms in total. The second kappa shape index (κ2) is 5.38. The lowest BCUT2D eigenvalue weighted by Crippen LogP contribution is -2.11. The number of carbonyl (C=O) groups is 1. The normalized spacial score (nSPS) is 10.2. The predicted octanol–water partition coefficient (Wildman–Crippen LogP) is 4.38. The van der Waals surface area contributed by atoms with Crippen LogP contribution in [-0.4, -0.2) is 5.91 Å². The van der Waals surface area contributed by atoms with Crippen LogP contribution in [0.25, 0.3) is 0 Å². The number of rotatable bonds is 2. The molecule has 0 fully saturated rings. The fraction of sp³-hybridized carbons (Fsp3) is 0. The van der Waals surface area contributed by atoms with Crippen LogP contribution >= 0.6 is 23.2 Å². The molecule has 0 saturated carbocycles. The molecule has 5 heteroatoms. The Hall–Kier alpha value is -1.58. The second-order valence-electron chi connectivity index (χ2n) is 3.59. The van der Waals surface area contributed by atoms with Crippen molar-refractivity contribution in [1.82, 2.24) is 0 Å². The molecule has 0 saturated heterocycles. The highest BCUT2D eigenvalue weighted by atomic mass is 35.5. The van der Waals surface area contributed by atoms with Crippen LogP contribution in [0.4, 0.5) is 10.1 Å². The van der Waals surface area contributed by atoms with Gasteiger partial charge in [-0.05, 0) is 42.5 Å². The van der Waals surface area contributed by atoms with E-state index in [4.69, 9.17) is 23.2 Å². The summed E-state index contributed by atoms with van der Waals surface area (Å²) in [5.41, 5.74) is 0.890. The Bertz CT molecular complexity index is 584. The number of amides is 1. The van der Waals surface area contributed by atoms with E-state index >= 15 is 0 Å². The Labute approximate surface area is 113 Å². The first-order chi connectivity index (χ1) is 8.56. The van der Waals surface area contributed by atoms with E-state index in [0.29, 0.717) is 16.3 Å². The van der Waals surface area contributed by atoms with Gasteiger partial charge in [0, 0.05) is 16.3 Å². The topological polar surface area (TPSA) is 29.1 Å². The van der Waals surface area contributed by atoms with Crippen LogP contribution in [-0.2, 0) is 0 Å². The van der Waals surface area contributed by atoms with Crippen molar-refractivity contribution in [2.24, 2.45) is 0 Å². The maximum Gasteiger partial charge on any atom is 0.255 e. The maximum absolute atomic E-state index is 12.9. The van der Waals surface area contributed by atoms with Gasteiger partial charge < -0.3 is 5.32 Å². The summed E-state index contributed by atoms with van der Waals surface area (Å²) >= 11 is 11.3. The number of nitrogens with one attached hydrogen (secondary N) is 1. The molecular formula is C13H8Cl2FNO. The van der Waals surface area contributed by atoms with E-state index in [1.165, 1.54) is 18.2 Å². The SMILES string of the molecule is O=C(Nc1ccc(F)c(Cl)c1)c1ccc(Cl)cc1. The van der Waals surface area contributed by atoms with Crippen molar-refractivity contribution >= 4 is 34.8 Å². The molecule has 0 heterocycles. The molecule has 0 aliphatic rings. The van der Waals surface area contributed by atoms with Crippen molar-refractivity contribution in [1.29, 1.82) is 0 Å². The Balaban J connectivity index is 2.16.